The molecule has 8 nitrogen and oxygen atoms in total. The summed E-state index contributed by atoms with van der Waals surface area (Å²) in [5.74, 6) is -0.305. The molecule has 4 aromatic rings. The predicted molar refractivity (Wildman–Crippen MR) is 126 cm³/mol. The van der Waals surface area contributed by atoms with Gasteiger partial charge in [0, 0.05) is 11.4 Å². The number of amides is 2. The summed E-state index contributed by atoms with van der Waals surface area (Å²) in [6.07, 6.45) is 1.41. The first-order chi connectivity index (χ1) is 16.4. The maximum Gasteiger partial charge on any atom is 0.287 e. The second-order valence-electron chi connectivity index (χ2n) is 7.51. The zero-order chi connectivity index (χ0) is 24.1. The van der Waals surface area contributed by atoms with Crippen LogP contribution in [0.5, 0.6) is 0 Å². The molecule has 0 aliphatic rings. The summed E-state index contributed by atoms with van der Waals surface area (Å²) in [6.45, 7) is 4.05. The lowest BCUT2D eigenvalue weighted by Gasteiger charge is -2.11. The maximum atomic E-state index is 13.5. The van der Waals surface area contributed by atoms with Crippen molar-refractivity contribution in [1.82, 2.24) is 20.1 Å². The molecule has 0 aliphatic heterocycles. The summed E-state index contributed by atoms with van der Waals surface area (Å²) in [5, 5.41) is 14.4. The van der Waals surface area contributed by atoms with Crippen molar-refractivity contribution in [2.75, 3.05) is 11.1 Å². The number of anilines is 1. The highest BCUT2D eigenvalue weighted by molar-refractivity contribution is 7.99. The fourth-order valence-corrected chi connectivity index (χ4v) is 3.93. The molecule has 10 heteroatoms. The zero-order valence-electron chi connectivity index (χ0n) is 18.5. The Kier molecular flexibility index (Phi) is 7.07. The highest BCUT2D eigenvalue weighted by Gasteiger charge is 2.18. The summed E-state index contributed by atoms with van der Waals surface area (Å²) in [4.78, 5) is 24.8. The van der Waals surface area contributed by atoms with Gasteiger partial charge in [0.25, 0.3) is 5.91 Å². The first-order valence-electron chi connectivity index (χ1n) is 10.4. The lowest BCUT2D eigenvalue weighted by Crippen LogP contribution is -2.24. The first kappa shape index (κ1) is 23.2. The Morgan fingerprint density at radius 3 is 2.56 bits per heavy atom. The molecular weight excluding hydrogens is 457 g/mol. The molecule has 0 bridgehead atoms. The Hall–Kier alpha value is -3.92. The van der Waals surface area contributed by atoms with Crippen molar-refractivity contribution in [2.24, 2.45) is 0 Å². The van der Waals surface area contributed by atoms with Crippen LogP contribution >= 0.6 is 11.8 Å². The van der Waals surface area contributed by atoms with Gasteiger partial charge in [-0.25, -0.2) is 4.39 Å². The van der Waals surface area contributed by atoms with Crippen molar-refractivity contribution < 1.29 is 18.4 Å². The van der Waals surface area contributed by atoms with E-state index < -0.39 is 5.91 Å². The maximum absolute atomic E-state index is 13.5. The van der Waals surface area contributed by atoms with Crippen molar-refractivity contribution in [2.45, 2.75) is 25.5 Å². The fraction of sp³-hybridized carbons (Fsp3) is 0.167. The molecule has 0 fully saturated rings. The van der Waals surface area contributed by atoms with Gasteiger partial charge in [-0.3, -0.25) is 14.2 Å². The minimum Gasteiger partial charge on any atom is -0.459 e. The van der Waals surface area contributed by atoms with E-state index in [0.717, 1.165) is 16.8 Å². The number of rotatable bonds is 8. The van der Waals surface area contributed by atoms with Crippen molar-refractivity contribution >= 4 is 29.3 Å². The standard InChI is InChI=1S/C24H22FN5O3S/c1-15-5-8-18(12-16(15)2)27-22(31)14-34-24-29-28-21(13-26-23(32)20-4-3-11-33-20)30(24)19-9-6-17(25)7-10-19/h3-12H,13-14H2,1-2H3,(H,26,32)(H,27,31). The van der Waals surface area contributed by atoms with Crippen LogP contribution in [0.4, 0.5) is 10.1 Å². The van der Waals surface area contributed by atoms with Gasteiger partial charge < -0.3 is 15.1 Å². The SMILES string of the molecule is Cc1ccc(NC(=O)CSc2nnc(CNC(=O)c3ccco3)n2-c2ccc(F)cc2)cc1C. The molecule has 174 valence electrons. The Morgan fingerprint density at radius 2 is 1.85 bits per heavy atom. The minimum absolute atomic E-state index is 0.0549. The molecule has 0 radical (unpaired) electrons. The molecule has 2 N–H and O–H groups in total. The van der Waals surface area contributed by atoms with E-state index in [0.29, 0.717) is 16.7 Å². The van der Waals surface area contributed by atoms with Gasteiger partial charge in [-0.15, -0.1) is 10.2 Å². The summed E-state index contributed by atoms with van der Waals surface area (Å²) < 4.78 is 20.3. The van der Waals surface area contributed by atoms with E-state index in [-0.39, 0.29) is 29.8 Å². The molecule has 2 heterocycles. The van der Waals surface area contributed by atoms with Crippen molar-refractivity contribution in [3.63, 3.8) is 0 Å². The second kappa shape index (κ2) is 10.3. The van der Waals surface area contributed by atoms with Crippen LogP contribution in [0.1, 0.15) is 27.5 Å². The van der Waals surface area contributed by atoms with Gasteiger partial charge in [-0.05, 0) is 73.5 Å². The van der Waals surface area contributed by atoms with Gasteiger partial charge >= 0.3 is 0 Å². The lowest BCUT2D eigenvalue weighted by atomic mass is 10.1. The minimum atomic E-state index is -0.402. The van der Waals surface area contributed by atoms with Crippen LogP contribution in [0.25, 0.3) is 5.69 Å². The predicted octanol–water partition coefficient (Wildman–Crippen LogP) is 4.28. The number of carbonyl (C=O) groups excluding carboxylic acids is 2. The number of nitrogens with zero attached hydrogens (tertiary/aromatic N) is 3. The van der Waals surface area contributed by atoms with Crippen molar-refractivity contribution in [1.29, 1.82) is 0 Å². The van der Waals surface area contributed by atoms with E-state index in [1.54, 1.807) is 28.8 Å². The number of nitrogens with one attached hydrogen (secondary N) is 2. The average molecular weight is 480 g/mol. The Bertz CT molecular complexity index is 1300. The third-order valence-electron chi connectivity index (χ3n) is 5.06. The summed E-state index contributed by atoms with van der Waals surface area (Å²) in [6, 6.07) is 14.7. The molecule has 0 aliphatic carbocycles. The van der Waals surface area contributed by atoms with Crippen molar-refractivity contribution in [3.8, 4) is 5.69 Å². The summed E-state index contributed by atoms with van der Waals surface area (Å²) in [5.41, 5.74) is 3.55. The largest absolute Gasteiger partial charge is 0.459 e. The molecule has 0 saturated heterocycles. The number of thioether (sulfide) groups is 1. The molecule has 0 unspecified atom stereocenters. The number of furan rings is 1. The van der Waals surface area contributed by atoms with Crippen LogP contribution in [0, 0.1) is 19.7 Å². The Morgan fingerprint density at radius 1 is 1.06 bits per heavy atom. The topological polar surface area (TPSA) is 102 Å². The van der Waals surface area contributed by atoms with Gasteiger partial charge in [-0.2, -0.15) is 0 Å². The van der Waals surface area contributed by atoms with Gasteiger partial charge in [-0.1, -0.05) is 17.8 Å². The van der Waals surface area contributed by atoms with Crippen molar-refractivity contribution in [3.05, 3.63) is 89.4 Å². The molecule has 2 aromatic heterocycles. The van der Waals surface area contributed by atoms with Crippen LogP contribution in [0.15, 0.2) is 70.4 Å². The van der Waals surface area contributed by atoms with Crippen LogP contribution in [0.3, 0.4) is 0 Å². The molecule has 2 aromatic carbocycles. The number of hydrogen-bond donors (Lipinski definition) is 2. The third kappa shape index (κ3) is 5.52. The van der Waals surface area contributed by atoms with E-state index >= 15 is 0 Å². The number of halogens is 1. The summed E-state index contributed by atoms with van der Waals surface area (Å²) in [7, 11) is 0. The number of aromatic nitrogens is 3. The average Bonchev–Trinajstić information content (AvgIpc) is 3.50. The monoisotopic (exact) mass is 479 g/mol. The van der Waals surface area contributed by atoms with Gasteiger partial charge in [0.2, 0.25) is 5.91 Å². The number of benzene rings is 2. The number of aryl methyl sites for hydroxylation is 2. The van der Waals surface area contributed by atoms with Crippen LogP contribution in [-0.2, 0) is 11.3 Å². The molecular formula is C24H22FN5O3S. The highest BCUT2D eigenvalue weighted by atomic mass is 32.2. The second-order valence-corrected chi connectivity index (χ2v) is 8.45. The molecule has 0 spiro atoms. The molecule has 34 heavy (non-hydrogen) atoms. The number of hydrogen-bond acceptors (Lipinski definition) is 6. The smallest absolute Gasteiger partial charge is 0.287 e. The van der Waals surface area contributed by atoms with Crippen LogP contribution in [-0.4, -0.2) is 32.3 Å². The Balaban J connectivity index is 1.49. The highest BCUT2D eigenvalue weighted by Crippen LogP contribution is 2.23. The molecule has 4 rings (SSSR count). The van der Waals surface area contributed by atoms with E-state index in [9.17, 15) is 14.0 Å². The summed E-state index contributed by atoms with van der Waals surface area (Å²) >= 11 is 1.19. The van der Waals surface area contributed by atoms with E-state index in [1.165, 1.54) is 30.2 Å². The lowest BCUT2D eigenvalue weighted by molar-refractivity contribution is -0.113. The first-order valence-corrected chi connectivity index (χ1v) is 11.4. The third-order valence-corrected chi connectivity index (χ3v) is 5.99. The van der Waals surface area contributed by atoms with E-state index in [2.05, 4.69) is 20.8 Å². The van der Waals surface area contributed by atoms with Crippen LogP contribution < -0.4 is 10.6 Å². The molecule has 0 saturated carbocycles. The van der Waals surface area contributed by atoms with Gasteiger partial charge in [0.1, 0.15) is 5.82 Å². The van der Waals surface area contributed by atoms with E-state index in [4.69, 9.17) is 4.42 Å². The van der Waals surface area contributed by atoms with Gasteiger partial charge in [0.15, 0.2) is 16.7 Å². The fourth-order valence-electron chi connectivity index (χ4n) is 3.16. The molecule has 2 amide bonds. The van der Waals surface area contributed by atoms with E-state index in [1.807, 2.05) is 32.0 Å². The number of carbonyl (C=O) groups is 2. The Labute approximate surface area is 199 Å². The molecule has 0 atom stereocenters. The normalized spacial score (nSPS) is 10.8. The zero-order valence-corrected chi connectivity index (χ0v) is 19.4. The quantitative estimate of drug-likeness (QED) is 0.366. The van der Waals surface area contributed by atoms with Gasteiger partial charge in [0.05, 0.1) is 18.6 Å². The van der Waals surface area contributed by atoms with Crippen LogP contribution in [0.2, 0.25) is 0 Å².